The van der Waals surface area contributed by atoms with Gasteiger partial charge in [0, 0.05) is 12.0 Å². The summed E-state index contributed by atoms with van der Waals surface area (Å²) in [5.41, 5.74) is 3.28. The van der Waals surface area contributed by atoms with Crippen molar-refractivity contribution >= 4 is 17.4 Å². The zero-order chi connectivity index (χ0) is 13.3. The second kappa shape index (κ2) is 4.91. The van der Waals surface area contributed by atoms with Crippen LogP contribution in [0.25, 0.3) is 5.82 Å². The SMILES string of the molecule is Cc1nn(-c2cc(NN)nc(C(C)C)n2)cc1Cl. The van der Waals surface area contributed by atoms with Crippen molar-refractivity contribution in [3.05, 3.63) is 28.8 Å². The van der Waals surface area contributed by atoms with Gasteiger partial charge in [0.2, 0.25) is 0 Å². The fourth-order valence-corrected chi connectivity index (χ4v) is 1.59. The fourth-order valence-electron chi connectivity index (χ4n) is 1.46. The van der Waals surface area contributed by atoms with E-state index in [1.165, 1.54) is 0 Å². The molecule has 0 aliphatic heterocycles. The van der Waals surface area contributed by atoms with Crippen LogP contribution in [0.15, 0.2) is 12.3 Å². The number of nitrogens with one attached hydrogen (secondary N) is 1. The second-order valence-electron chi connectivity index (χ2n) is 4.28. The molecule has 0 spiro atoms. The molecule has 0 saturated carbocycles. The van der Waals surface area contributed by atoms with E-state index in [1.807, 2.05) is 20.8 Å². The highest BCUT2D eigenvalue weighted by Gasteiger charge is 2.11. The van der Waals surface area contributed by atoms with Crippen LogP contribution in [-0.2, 0) is 0 Å². The molecule has 7 heteroatoms. The highest BCUT2D eigenvalue weighted by molar-refractivity contribution is 6.31. The minimum absolute atomic E-state index is 0.198. The van der Waals surface area contributed by atoms with Crippen molar-refractivity contribution in [1.29, 1.82) is 0 Å². The van der Waals surface area contributed by atoms with Crippen LogP contribution < -0.4 is 11.3 Å². The fraction of sp³-hybridized carbons (Fsp3) is 0.364. The molecule has 96 valence electrons. The molecule has 2 aromatic rings. The van der Waals surface area contributed by atoms with Crippen LogP contribution in [0.4, 0.5) is 5.82 Å². The Morgan fingerprint density at radius 1 is 1.39 bits per heavy atom. The lowest BCUT2D eigenvalue weighted by molar-refractivity contribution is 0.744. The molecule has 0 amide bonds. The third-order valence-electron chi connectivity index (χ3n) is 2.47. The molecule has 0 atom stereocenters. The molecule has 2 heterocycles. The Hall–Kier alpha value is -1.66. The molecule has 0 bridgehead atoms. The molecular weight excluding hydrogens is 252 g/mol. The van der Waals surface area contributed by atoms with E-state index in [4.69, 9.17) is 17.4 Å². The van der Waals surface area contributed by atoms with Crippen LogP contribution in [0.3, 0.4) is 0 Å². The van der Waals surface area contributed by atoms with Gasteiger partial charge in [0.25, 0.3) is 0 Å². The Morgan fingerprint density at radius 2 is 2.11 bits per heavy atom. The summed E-state index contributed by atoms with van der Waals surface area (Å²) in [6.07, 6.45) is 1.71. The molecule has 2 aromatic heterocycles. The Labute approximate surface area is 110 Å². The summed E-state index contributed by atoms with van der Waals surface area (Å²) in [6, 6.07) is 1.72. The first-order valence-corrected chi connectivity index (χ1v) is 5.96. The third-order valence-corrected chi connectivity index (χ3v) is 2.84. The Morgan fingerprint density at radius 3 is 2.61 bits per heavy atom. The molecular formula is C11H15ClN6. The van der Waals surface area contributed by atoms with E-state index in [9.17, 15) is 0 Å². The van der Waals surface area contributed by atoms with E-state index >= 15 is 0 Å². The Bertz CT molecular complexity index is 543. The molecule has 0 aliphatic carbocycles. The van der Waals surface area contributed by atoms with Crippen molar-refractivity contribution in [2.24, 2.45) is 5.84 Å². The van der Waals surface area contributed by atoms with E-state index in [0.717, 1.165) is 5.69 Å². The quantitative estimate of drug-likeness (QED) is 0.656. The van der Waals surface area contributed by atoms with Crippen LogP contribution in [-0.4, -0.2) is 19.7 Å². The predicted octanol–water partition coefficient (Wildman–Crippen LogP) is 2.03. The first-order valence-electron chi connectivity index (χ1n) is 5.59. The van der Waals surface area contributed by atoms with Gasteiger partial charge in [-0.05, 0) is 6.92 Å². The molecule has 0 fully saturated rings. The van der Waals surface area contributed by atoms with Gasteiger partial charge in [-0.15, -0.1) is 0 Å². The van der Waals surface area contributed by atoms with Gasteiger partial charge < -0.3 is 5.43 Å². The minimum Gasteiger partial charge on any atom is -0.308 e. The number of hydrogen-bond donors (Lipinski definition) is 2. The van der Waals surface area contributed by atoms with Crippen LogP contribution in [0, 0.1) is 6.92 Å². The van der Waals surface area contributed by atoms with Crippen molar-refractivity contribution in [3.8, 4) is 5.82 Å². The lowest BCUT2D eigenvalue weighted by Gasteiger charge is -2.09. The van der Waals surface area contributed by atoms with Gasteiger partial charge >= 0.3 is 0 Å². The molecule has 0 unspecified atom stereocenters. The Balaban J connectivity index is 2.52. The van der Waals surface area contributed by atoms with E-state index in [0.29, 0.717) is 22.5 Å². The molecule has 2 rings (SSSR count). The summed E-state index contributed by atoms with van der Waals surface area (Å²) < 4.78 is 1.62. The largest absolute Gasteiger partial charge is 0.308 e. The molecule has 0 aliphatic rings. The summed E-state index contributed by atoms with van der Waals surface area (Å²) in [5.74, 6) is 7.49. The topological polar surface area (TPSA) is 81.7 Å². The number of nitrogens with two attached hydrogens (primary N) is 1. The van der Waals surface area contributed by atoms with Gasteiger partial charge in [0.05, 0.1) is 16.9 Å². The van der Waals surface area contributed by atoms with Crippen molar-refractivity contribution in [2.75, 3.05) is 5.43 Å². The first kappa shape index (κ1) is 12.8. The minimum atomic E-state index is 0.198. The highest BCUT2D eigenvalue weighted by Crippen LogP contribution is 2.19. The van der Waals surface area contributed by atoms with Crippen molar-refractivity contribution in [3.63, 3.8) is 0 Å². The highest BCUT2D eigenvalue weighted by atomic mass is 35.5. The van der Waals surface area contributed by atoms with Gasteiger partial charge in [-0.25, -0.2) is 20.5 Å². The summed E-state index contributed by atoms with van der Waals surface area (Å²) >= 11 is 5.99. The Kier molecular flexibility index (Phi) is 3.49. The van der Waals surface area contributed by atoms with E-state index in [2.05, 4.69) is 20.5 Å². The predicted molar refractivity (Wildman–Crippen MR) is 70.8 cm³/mol. The lowest BCUT2D eigenvalue weighted by Crippen LogP contribution is -2.13. The van der Waals surface area contributed by atoms with Gasteiger partial charge in [0.15, 0.2) is 5.82 Å². The lowest BCUT2D eigenvalue weighted by atomic mass is 10.2. The van der Waals surface area contributed by atoms with Crippen LogP contribution in [0.5, 0.6) is 0 Å². The number of nitrogens with zero attached hydrogens (tertiary/aromatic N) is 4. The molecule has 18 heavy (non-hydrogen) atoms. The summed E-state index contributed by atoms with van der Waals surface area (Å²) in [7, 11) is 0. The van der Waals surface area contributed by atoms with Crippen molar-refractivity contribution in [1.82, 2.24) is 19.7 Å². The third kappa shape index (κ3) is 2.44. The van der Waals surface area contributed by atoms with Crippen LogP contribution in [0.1, 0.15) is 31.3 Å². The number of aromatic nitrogens is 4. The van der Waals surface area contributed by atoms with Crippen LogP contribution in [0.2, 0.25) is 5.02 Å². The number of halogens is 1. The first-order chi connectivity index (χ1) is 8.51. The zero-order valence-corrected chi connectivity index (χ0v) is 11.2. The van der Waals surface area contributed by atoms with Crippen molar-refractivity contribution in [2.45, 2.75) is 26.7 Å². The maximum absolute atomic E-state index is 5.99. The summed E-state index contributed by atoms with van der Waals surface area (Å²) in [4.78, 5) is 8.73. The monoisotopic (exact) mass is 266 g/mol. The van der Waals surface area contributed by atoms with E-state index in [-0.39, 0.29) is 5.92 Å². The maximum Gasteiger partial charge on any atom is 0.159 e. The number of aryl methyl sites for hydroxylation is 1. The summed E-state index contributed by atoms with van der Waals surface area (Å²) in [6.45, 7) is 5.87. The van der Waals surface area contributed by atoms with E-state index in [1.54, 1.807) is 16.9 Å². The van der Waals surface area contributed by atoms with Crippen LogP contribution >= 0.6 is 11.6 Å². The van der Waals surface area contributed by atoms with Gasteiger partial charge in [-0.3, -0.25) is 0 Å². The molecule has 0 saturated heterocycles. The summed E-state index contributed by atoms with van der Waals surface area (Å²) in [5, 5.41) is 4.88. The number of rotatable bonds is 3. The molecule has 6 nitrogen and oxygen atoms in total. The normalized spacial score (nSPS) is 11.0. The number of nitrogen functional groups attached to an aromatic ring is 1. The molecule has 0 aromatic carbocycles. The molecule has 3 N–H and O–H groups in total. The van der Waals surface area contributed by atoms with E-state index < -0.39 is 0 Å². The van der Waals surface area contributed by atoms with Gasteiger partial charge in [-0.2, -0.15) is 5.10 Å². The van der Waals surface area contributed by atoms with Crippen molar-refractivity contribution < 1.29 is 0 Å². The van der Waals surface area contributed by atoms with Gasteiger partial charge in [-0.1, -0.05) is 25.4 Å². The number of hydrogen-bond acceptors (Lipinski definition) is 5. The second-order valence-corrected chi connectivity index (χ2v) is 4.68. The zero-order valence-electron chi connectivity index (χ0n) is 10.5. The smallest absolute Gasteiger partial charge is 0.159 e. The standard InChI is InChI=1S/C11H15ClN6/c1-6(2)11-14-9(16-13)4-10(15-11)18-5-8(12)7(3)17-18/h4-6H,13H2,1-3H3,(H,14,15,16). The number of anilines is 1. The molecule has 0 radical (unpaired) electrons. The maximum atomic E-state index is 5.99. The number of hydrazine groups is 1. The average molecular weight is 267 g/mol. The average Bonchev–Trinajstić information content (AvgIpc) is 2.69. The van der Waals surface area contributed by atoms with Gasteiger partial charge in [0.1, 0.15) is 11.6 Å².